The Morgan fingerprint density at radius 2 is 1.83 bits per heavy atom. The SMILES string of the molecule is CCn1nccc1C(=O)N1CCC(C(=O)N2CCCCCCNC(=O)CC2)CC1. The van der Waals surface area contributed by atoms with E-state index in [1.54, 1.807) is 16.9 Å². The van der Waals surface area contributed by atoms with Crippen LogP contribution in [0.2, 0.25) is 0 Å². The van der Waals surface area contributed by atoms with Gasteiger partial charge in [-0.25, -0.2) is 0 Å². The fourth-order valence-electron chi connectivity index (χ4n) is 4.18. The minimum Gasteiger partial charge on any atom is -0.356 e. The van der Waals surface area contributed by atoms with Gasteiger partial charge in [-0.1, -0.05) is 12.8 Å². The van der Waals surface area contributed by atoms with Crippen LogP contribution in [0.5, 0.6) is 0 Å². The second-order valence-electron chi connectivity index (χ2n) is 7.94. The van der Waals surface area contributed by atoms with Gasteiger partial charge < -0.3 is 15.1 Å². The first-order valence-electron chi connectivity index (χ1n) is 11.0. The summed E-state index contributed by atoms with van der Waals surface area (Å²) in [6.07, 6.45) is 7.51. The first-order valence-corrected chi connectivity index (χ1v) is 11.0. The minimum absolute atomic E-state index is 0.0119. The van der Waals surface area contributed by atoms with Crippen LogP contribution < -0.4 is 5.32 Å². The molecule has 2 aliphatic heterocycles. The van der Waals surface area contributed by atoms with Gasteiger partial charge in [-0.15, -0.1) is 0 Å². The first kappa shape index (κ1) is 21.3. The van der Waals surface area contributed by atoms with Crippen molar-refractivity contribution in [2.45, 2.75) is 58.4 Å². The number of piperidine rings is 1. The van der Waals surface area contributed by atoms with Crippen molar-refractivity contribution in [1.29, 1.82) is 0 Å². The average molecular weight is 404 g/mol. The van der Waals surface area contributed by atoms with Gasteiger partial charge in [-0.05, 0) is 38.7 Å². The van der Waals surface area contributed by atoms with E-state index in [0.29, 0.717) is 51.1 Å². The monoisotopic (exact) mass is 403 g/mol. The molecule has 0 aromatic carbocycles. The molecule has 0 bridgehead atoms. The number of likely N-dealkylation sites (tertiary alicyclic amines) is 1. The van der Waals surface area contributed by atoms with Crippen LogP contribution in [0.1, 0.15) is 62.4 Å². The Balaban J connectivity index is 1.55. The van der Waals surface area contributed by atoms with Crippen molar-refractivity contribution in [3.8, 4) is 0 Å². The van der Waals surface area contributed by atoms with Gasteiger partial charge in [0.2, 0.25) is 11.8 Å². The lowest BCUT2D eigenvalue weighted by Gasteiger charge is -2.34. The fraction of sp³-hybridized carbons (Fsp3) is 0.714. The molecule has 0 atom stereocenters. The number of aromatic nitrogens is 2. The summed E-state index contributed by atoms with van der Waals surface area (Å²) in [6, 6.07) is 1.75. The molecule has 1 aromatic heterocycles. The van der Waals surface area contributed by atoms with Gasteiger partial charge in [0.15, 0.2) is 0 Å². The van der Waals surface area contributed by atoms with E-state index < -0.39 is 0 Å². The number of rotatable bonds is 3. The van der Waals surface area contributed by atoms with Gasteiger partial charge in [0.25, 0.3) is 5.91 Å². The third-order valence-corrected chi connectivity index (χ3v) is 5.96. The van der Waals surface area contributed by atoms with Crippen molar-refractivity contribution >= 4 is 17.7 Å². The van der Waals surface area contributed by atoms with E-state index in [2.05, 4.69) is 10.4 Å². The molecule has 2 aliphatic rings. The zero-order valence-electron chi connectivity index (χ0n) is 17.4. The molecule has 29 heavy (non-hydrogen) atoms. The lowest BCUT2D eigenvalue weighted by Crippen LogP contribution is -2.45. The summed E-state index contributed by atoms with van der Waals surface area (Å²) in [5, 5.41) is 7.11. The molecule has 0 radical (unpaired) electrons. The summed E-state index contributed by atoms with van der Waals surface area (Å²) in [5.74, 6) is 0.0888. The van der Waals surface area contributed by atoms with Crippen LogP contribution in [0, 0.1) is 5.92 Å². The second-order valence-corrected chi connectivity index (χ2v) is 7.94. The minimum atomic E-state index is -0.0664. The van der Waals surface area contributed by atoms with Crippen molar-refractivity contribution < 1.29 is 14.4 Å². The predicted octanol–water partition coefficient (Wildman–Crippen LogP) is 1.66. The largest absolute Gasteiger partial charge is 0.356 e. The Hall–Kier alpha value is -2.38. The van der Waals surface area contributed by atoms with E-state index in [9.17, 15) is 14.4 Å². The van der Waals surface area contributed by atoms with E-state index >= 15 is 0 Å². The predicted molar refractivity (Wildman–Crippen MR) is 109 cm³/mol. The number of hydrogen-bond donors (Lipinski definition) is 1. The van der Waals surface area contributed by atoms with Gasteiger partial charge in [0.05, 0.1) is 0 Å². The molecular formula is C21H33N5O3. The third kappa shape index (κ3) is 5.58. The van der Waals surface area contributed by atoms with Gasteiger partial charge in [0.1, 0.15) is 5.69 Å². The molecule has 3 amide bonds. The molecule has 8 nitrogen and oxygen atoms in total. The Morgan fingerprint density at radius 3 is 2.59 bits per heavy atom. The fourth-order valence-corrected chi connectivity index (χ4v) is 4.18. The smallest absolute Gasteiger partial charge is 0.272 e. The van der Waals surface area contributed by atoms with Gasteiger partial charge in [-0.2, -0.15) is 5.10 Å². The average Bonchev–Trinajstić information content (AvgIpc) is 3.21. The van der Waals surface area contributed by atoms with Crippen LogP contribution >= 0.6 is 0 Å². The normalized spacial score (nSPS) is 20.1. The van der Waals surface area contributed by atoms with E-state index in [1.165, 1.54) is 0 Å². The molecule has 0 spiro atoms. The highest BCUT2D eigenvalue weighted by Gasteiger charge is 2.31. The Bertz CT molecular complexity index is 709. The van der Waals surface area contributed by atoms with Crippen LogP contribution in [0.4, 0.5) is 0 Å². The molecular weight excluding hydrogens is 370 g/mol. The summed E-state index contributed by atoms with van der Waals surface area (Å²) >= 11 is 0. The standard InChI is InChI=1S/C21H33N5O3/c1-2-26-18(7-12-23-26)21(29)25-14-8-17(9-15-25)20(28)24-13-6-4-3-5-11-22-19(27)10-16-24/h7,12,17H,2-6,8-11,13-16H2,1H3,(H,22,27). The zero-order chi connectivity index (χ0) is 20.6. The molecule has 2 fully saturated rings. The molecule has 3 heterocycles. The zero-order valence-corrected chi connectivity index (χ0v) is 17.4. The van der Waals surface area contributed by atoms with E-state index in [-0.39, 0.29) is 23.6 Å². The molecule has 160 valence electrons. The van der Waals surface area contributed by atoms with Crippen LogP contribution in [-0.2, 0) is 16.1 Å². The summed E-state index contributed by atoms with van der Waals surface area (Å²) in [7, 11) is 0. The Kier molecular flexibility index (Phi) is 7.66. The topological polar surface area (TPSA) is 87.5 Å². The van der Waals surface area contributed by atoms with Crippen molar-refractivity contribution in [1.82, 2.24) is 24.9 Å². The summed E-state index contributed by atoms with van der Waals surface area (Å²) in [4.78, 5) is 41.5. The number of carbonyl (C=O) groups is 3. The summed E-state index contributed by atoms with van der Waals surface area (Å²) in [6.45, 7) is 5.73. The second kappa shape index (κ2) is 10.4. The highest BCUT2D eigenvalue weighted by atomic mass is 16.2. The number of hydrogen-bond acceptors (Lipinski definition) is 4. The highest BCUT2D eigenvalue weighted by molar-refractivity contribution is 5.92. The van der Waals surface area contributed by atoms with Crippen LogP contribution in [-0.4, -0.2) is 70.0 Å². The molecule has 0 unspecified atom stereocenters. The maximum absolute atomic E-state index is 13.1. The summed E-state index contributed by atoms with van der Waals surface area (Å²) in [5.41, 5.74) is 0.607. The molecule has 8 heteroatoms. The molecule has 3 rings (SSSR count). The van der Waals surface area contributed by atoms with E-state index in [4.69, 9.17) is 0 Å². The highest BCUT2D eigenvalue weighted by Crippen LogP contribution is 2.22. The Labute approximate surface area is 172 Å². The van der Waals surface area contributed by atoms with Crippen LogP contribution in [0.3, 0.4) is 0 Å². The van der Waals surface area contributed by atoms with Gasteiger partial charge in [0, 0.05) is 57.8 Å². The quantitative estimate of drug-likeness (QED) is 0.832. The number of amides is 3. The third-order valence-electron chi connectivity index (χ3n) is 5.96. The van der Waals surface area contributed by atoms with Crippen molar-refractivity contribution in [3.05, 3.63) is 18.0 Å². The van der Waals surface area contributed by atoms with Crippen molar-refractivity contribution in [2.75, 3.05) is 32.7 Å². The molecule has 0 saturated carbocycles. The number of carbonyl (C=O) groups excluding carboxylic acids is 3. The van der Waals surface area contributed by atoms with Crippen LogP contribution in [0.25, 0.3) is 0 Å². The number of nitrogens with one attached hydrogen (secondary N) is 1. The van der Waals surface area contributed by atoms with E-state index in [1.807, 2.05) is 16.7 Å². The summed E-state index contributed by atoms with van der Waals surface area (Å²) < 4.78 is 1.71. The van der Waals surface area contributed by atoms with E-state index in [0.717, 1.165) is 38.8 Å². The molecule has 0 aliphatic carbocycles. The van der Waals surface area contributed by atoms with Gasteiger partial charge >= 0.3 is 0 Å². The first-order chi connectivity index (χ1) is 14.1. The molecule has 1 aromatic rings. The number of nitrogens with zero attached hydrogens (tertiary/aromatic N) is 4. The lowest BCUT2D eigenvalue weighted by molar-refractivity contribution is -0.137. The number of aryl methyl sites for hydroxylation is 1. The molecule has 2 saturated heterocycles. The maximum atomic E-state index is 13.1. The Morgan fingerprint density at radius 1 is 1.07 bits per heavy atom. The van der Waals surface area contributed by atoms with Crippen LogP contribution in [0.15, 0.2) is 12.3 Å². The maximum Gasteiger partial charge on any atom is 0.272 e. The lowest BCUT2D eigenvalue weighted by atomic mass is 9.94. The van der Waals surface area contributed by atoms with Gasteiger partial charge in [-0.3, -0.25) is 19.1 Å². The molecule has 1 N–H and O–H groups in total. The van der Waals surface area contributed by atoms with Crippen molar-refractivity contribution in [3.63, 3.8) is 0 Å². The van der Waals surface area contributed by atoms with Crippen molar-refractivity contribution in [2.24, 2.45) is 5.92 Å².